The van der Waals surface area contributed by atoms with Crippen molar-refractivity contribution in [3.05, 3.63) is 23.8 Å². The van der Waals surface area contributed by atoms with Gasteiger partial charge in [0.05, 0.1) is 11.7 Å². The normalized spacial score (nSPS) is 12.1. The van der Waals surface area contributed by atoms with Gasteiger partial charge in [0.25, 0.3) is 0 Å². The van der Waals surface area contributed by atoms with Gasteiger partial charge in [0.15, 0.2) is 0 Å². The highest BCUT2D eigenvalue weighted by molar-refractivity contribution is 5.95. The maximum atomic E-state index is 11.7. The quantitative estimate of drug-likeness (QED) is 0.604. The molecule has 0 radical (unpaired) electrons. The fourth-order valence-electron chi connectivity index (χ4n) is 1.48. The van der Waals surface area contributed by atoms with Crippen LogP contribution in [0.4, 0.5) is 11.4 Å². The molecule has 0 aliphatic carbocycles. The number of esters is 1. The standard InChI is InChI=1S/C12H18N2O2/c1-3-4-8(2)16-12(15)10-6-5-9(13)7-11(10)14/h5-8H,3-4,13-14H2,1-2H3. The highest BCUT2D eigenvalue weighted by Gasteiger charge is 2.14. The number of anilines is 2. The number of carbonyl (C=O) groups is 1. The molecule has 0 saturated heterocycles. The fraction of sp³-hybridized carbons (Fsp3) is 0.417. The molecule has 0 bridgehead atoms. The van der Waals surface area contributed by atoms with Crippen LogP contribution in [0.15, 0.2) is 18.2 Å². The lowest BCUT2D eigenvalue weighted by atomic mass is 10.1. The molecule has 0 aromatic heterocycles. The zero-order valence-electron chi connectivity index (χ0n) is 9.69. The number of nitrogens with two attached hydrogens (primary N) is 2. The van der Waals surface area contributed by atoms with Crippen LogP contribution in [0.3, 0.4) is 0 Å². The van der Waals surface area contributed by atoms with E-state index in [0.29, 0.717) is 16.9 Å². The van der Waals surface area contributed by atoms with E-state index < -0.39 is 5.97 Å². The van der Waals surface area contributed by atoms with Crippen LogP contribution >= 0.6 is 0 Å². The van der Waals surface area contributed by atoms with E-state index in [2.05, 4.69) is 0 Å². The van der Waals surface area contributed by atoms with Gasteiger partial charge in [0.1, 0.15) is 0 Å². The summed E-state index contributed by atoms with van der Waals surface area (Å²) in [7, 11) is 0. The van der Waals surface area contributed by atoms with E-state index in [1.54, 1.807) is 18.2 Å². The van der Waals surface area contributed by atoms with Crippen LogP contribution in [-0.4, -0.2) is 12.1 Å². The summed E-state index contributed by atoms with van der Waals surface area (Å²) < 4.78 is 5.24. The molecular formula is C12H18N2O2. The van der Waals surface area contributed by atoms with E-state index in [9.17, 15) is 4.79 Å². The van der Waals surface area contributed by atoms with Crippen molar-refractivity contribution in [3.63, 3.8) is 0 Å². The van der Waals surface area contributed by atoms with Gasteiger partial charge in [0, 0.05) is 11.4 Å². The van der Waals surface area contributed by atoms with E-state index in [1.807, 2.05) is 13.8 Å². The molecule has 0 saturated carbocycles. The van der Waals surface area contributed by atoms with Crippen LogP contribution in [0.5, 0.6) is 0 Å². The van der Waals surface area contributed by atoms with Crippen molar-refractivity contribution in [1.29, 1.82) is 0 Å². The molecule has 0 aliphatic heterocycles. The average Bonchev–Trinajstić information content (AvgIpc) is 2.17. The molecule has 88 valence electrons. The second-order valence-corrected chi connectivity index (χ2v) is 3.85. The van der Waals surface area contributed by atoms with Gasteiger partial charge in [-0.1, -0.05) is 13.3 Å². The van der Waals surface area contributed by atoms with E-state index in [-0.39, 0.29) is 6.10 Å². The van der Waals surface area contributed by atoms with Gasteiger partial charge in [-0.3, -0.25) is 0 Å². The van der Waals surface area contributed by atoms with Crippen molar-refractivity contribution in [3.8, 4) is 0 Å². The van der Waals surface area contributed by atoms with Crippen LogP contribution in [0.1, 0.15) is 37.0 Å². The smallest absolute Gasteiger partial charge is 0.340 e. The monoisotopic (exact) mass is 222 g/mol. The Kier molecular flexibility index (Phi) is 4.17. The summed E-state index contributed by atoms with van der Waals surface area (Å²) in [6.07, 6.45) is 1.74. The summed E-state index contributed by atoms with van der Waals surface area (Å²) in [6.45, 7) is 3.91. The van der Waals surface area contributed by atoms with Crippen LogP contribution in [0.2, 0.25) is 0 Å². The van der Waals surface area contributed by atoms with Gasteiger partial charge >= 0.3 is 5.97 Å². The van der Waals surface area contributed by atoms with E-state index in [0.717, 1.165) is 12.8 Å². The molecule has 0 spiro atoms. The van der Waals surface area contributed by atoms with Gasteiger partial charge in [-0.25, -0.2) is 4.79 Å². The predicted molar refractivity (Wildman–Crippen MR) is 65.1 cm³/mol. The molecule has 4 heteroatoms. The van der Waals surface area contributed by atoms with Gasteiger partial charge in [-0.05, 0) is 31.5 Å². The first kappa shape index (κ1) is 12.4. The molecule has 16 heavy (non-hydrogen) atoms. The van der Waals surface area contributed by atoms with Crippen LogP contribution in [0, 0.1) is 0 Å². The van der Waals surface area contributed by atoms with Gasteiger partial charge in [0.2, 0.25) is 0 Å². The highest BCUT2D eigenvalue weighted by Crippen LogP contribution is 2.17. The van der Waals surface area contributed by atoms with Gasteiger partial charge < -0.3 is 16.2 Å². The number of hydrogen-bond donors (Lipinski definition) is 2. The summed E-state index contributed by atoms with van der Waals surface area (Å²) >= 11 is 0. The molecule has 0 heterocycles. The van der Waals surface area contributed by atoms with Crippen LogP contribution < -0.4 is 11.5 Å². The molecule has 0 fully saturated rings. The molecule has 0 amide bonds. The average molecular weight is 222 g/mol. The minimum absolute atomic E-state index is 0.0885. The third-order valence-corrected chi connectivity index (χ3v) is 2.30. The number of carbonyl (C=O) groups excluding carboxylic acids is 1. The molecule has 1 aromatic carbocycles. The number of benzene rings is 1. The number of rotatable bonds is 4. The van der Waals surface area contributed by atoms with Crippen LogP contribution in [-0.2, 0) is 4.74 Å². The Labute approximate surface area is 95.6 Å². The first-order valence-corrected chi connectivity index (χ1v) is 5.40. The van der Waals surface area contributed by atoms with Gasteiger partial charge in [-0.15, -0.1) is 0 Å². The number of ether oxygens (including phenoxy) is 1. The van der Waals surface area contributed by atoms with Gasteiger partial charge in [-0.2, -0.15) is 0 Å². The van der Waals surface area contributed by atoms with Crippen molar-refractivity contribution in [2.24, 2.45) is 0 Å². The van der Waals surface area contributed by atoms with Crippen LogP contribution in [0.25, 0.3) is 0 Å². The lowest BCUT2D eigenvalue weighted by Gasteiger charge is -2.13. The predicted octanol–water partition coefficient (Wildman–Crippen LogP) is 2.20. The highest BCUT2D eigenvalue weighted by atomic mass is 16.5. The molecule has 0 aliphatic rings. The molecule has 1 unspecified atom stereocenters. The van der Waals surface area contributed by atoms with E-state index in [4.69, 9.17) is 16.2 Å². The molecule has 1 aromatic rings. The minimum atomic E-state index is -0.390. The zero-order chi connectivity index (χ0) is 12.1. The number of nitrogen functional groups attached to an aromatic ring is 2. The van der Waals surface area contributed by atoms with E-state index >= 15 is 0 Å². The molecule has 1 atom stereocenters. The zero-order valence-corrected chi connectivity index (χ0v) is 9.69. The second kappa shape index (κ2) is 5.39. The van der Waals surface area contributed by atoms with E-state index in [1.165, 1.54) is 0 Å². The minimum Gasteiger partial charge on any atom is -0.459 e. The maximum Gasteiger partial charge on any atom is 0.340 e. The third-order valence-electron chi connectivity index (χ3n) is 2.30. The molecule has 1 rings (SSSR count). The van der Waals surface area contributed by atoms with Crippen molar-refractivity contribution in [2.75, 3.05) is 11.5 Å². The second-order valence-electron chi connectivity index (χ2n) is 3.85. The van der Waals surface area contributed by atoms with Crippen molar-refractivity contribution in [1.82, 2.24) is 0 Å². The Bertz CT molecular complexity index is 377. The summed E-state index contributed by atoms with van der Waals surface area (Å²) in [6, 6.07) is 4.78. The summed E-state index contributed by atoms with van der Waals surface area (Å²) in [5.74, 6) is -0.390. The summed E-state index contributed by atoms with van der Waals surface area (Å²) in [5, 5.41) is 0. The topological polar surface area (TPSA) is 78.3 Å². The third kappa shape index (κ3) is 3.15. The summed E-state index contributed by atoms with van der Waals surface area (Å²) in [5.41, 5.74) is 12.5. The first-order valence-electron chi connectivity index (χ1n) is 5.40. The fourth-order valence-corrected chi connectivity index (χ4v) is 1.48. The largest absolute Gasteiger partial charge is 0.459 e. The molecule has 4 nitrogen and oxygen atoms in total. The molecular weight excluding hydrogens is 204 g/mol. The maximum absolute atomic E-state index is 11.7. The van der Waals surface area contributed by atoms with Crippen molar-refractivity contribution < 1.29 is 9.53 Å². The summed E-state index contributed by atoms with van der Waals surface area (Å²) in [4.78, 5) is 11.7. The SMILES string of the molecule is CCCC(C)OC(=O)c1ccc(N)cc1N. The lowest BCUT2D eigenvalue weighted by Crippen LogP contribution is -2.16. The van der Waals surface area contributed by atoms with Crippen molar-refractivity contribution in [2.45, 2.75) is 32.8 Å². The Morgan fingerprint density at radius 3 is 2.69 bits per heavy atom. The molecule has 4 N–H and O–H groups in total. The number of hydrogen-bond acceptors (Lipinski definition) is 4. The lowest BCUT2D eigenvalue weighted by molar-refractivity contribution is 0.0325. The Balaban J connectivity index is 2.73. The Morgan fingerprint density at radius 2 is 2.12 bits per heavy atom. The Hall–Kier alpha value is -1.71. The Morgan fingerprint density at radius 1 is 1.44 bits per heavy atom. The van der Waals surface area contributed by atoms with Crippen molar-refractivity contribution >= 4 is 17.3 Å². The first-order chi connectivity index (χ1) is 7.54.